The topological polar surface area (TPSA) is 586 Å². The number of azide groups is 1. The van der Waals surface area contributed by atoms with Crippen molar-refractivity contribution in [3.05, 3.63) is 61.9 Å². The molecule has 3 saturated heterocycles. The predicted molar refractivity (Wildman–Crippen MR) is 259 cm³/mol. The van der Waals surface area contributed by atoms with Crippen molar-refractivity contribution < 1.29 is 98.8 Å². The Bertz CT molecular complexity index is 3550. The van der Waals surface area contributed by atoms with Gasteiger partial charge in [0.1, 0.15) is 48.4 Å². The summed E-state index contributed by atoms with van der Waals surface area (Å²) in [5.74, 6) is -1.81. The number of anilines is 2. The first-order chi connectivity index (χ1) is 37.3. The highest BCUT2D eigenvalue weighted by Crippen LogP contribution is 2.68. The number of ether oxygens (including phenoxy) is 4. The minimum Gasteiger partial charge on any atom is -0.397 e. The molecule has 5 aromatic heterocycles. The van der Waals surface area contributed by atoms with E-state index in [0.717, 1.165) is 28.9 Å². The Kier molecular flexibility index (Phi) is 16.6. The van der Waals surface area contributed by atoms with E-state index in [2.05, 4.69) is 58.5 Å². The van der Waals surface area contributed by atoms with Crippen LogP contribution in [-0.4, -0.2) is 172 Å². The molecular formula is C35H47N17O23P4. The zero-order valence-electron chi connectivity index (χ0n) is 40.1. The monoisotopic (exact) mass is 1200 g/mol. The van der Waals surface area contributed by atoms with E-state index in [0.29, 0.717) is 12.8 Å². The Balaban J connectivity index is 0.882. The van der Waals surface area contributed by atoms with Gasteiger partial charge in [0.25, 0.3) is 11.1 Å². The molecule has 4 aliphatic heterocycles. The molecule has 0 spiro atoms. The summed E-state index contributed by atoms with van der Waals surface area (Å²) in [7, 11) is -22.4. The lowest BCUT2D eigenvalue weighted by molar-refractivity contribution is -0.0587. The average Bonchev–Trinajstić information content (AvgIpc) is 4.41. The molecule has 4 unspecified atom stereocenters. The third kappa shape index (κ3) is 12.3. The van der Waals surface area contributed by atoms with Gasteiger partial charge in [0.2, 0.25) is 11.9 Å². The molecule has 16 atom stereocenters. The maximum Gasteiger partial charge on any atom is 0.490 e. The third-order valence-electron chi connectivity index (χ3n) is 12.3. The molecule has 0 saturated carbocycles. The van der Waals surface area contributed by atoms with Crippen LogP contribution in [0.4, 0.5) is 17.7 Å². The number of nitrogens with zero attached hydrogens (tertiary/aromatic N) is 12. The molecule has 44 heteroatoms. The van der Waals surface area contributed by atoms with Gasteiger partial charge in [-0.2, -0.15) is 18.6 Å². The number of aromatic amines is 2. The smallest absolute Gasteiger partial charge is 0.397 e. The average molecular weight is 1200 g/mol. The number of aliphatic hydroxyl groups excluding tert-OH is 3. The van der Waals surface area contributed by atoms with Crippen LogP contribution < -0.4 is 28.3 Å². The Morgan fingerprint density at radius 1 is 0.709 bits per heavy atom. The molecule has 15 N–H and O–H groups in total. The number of methoxy groups -OCH3 is 1. The van der Waals surface area contributed by atoms with Gasteiger partial charge in [-0.3, -0.25) is 51.4 Å². The van der Waals surface area contributed by atoms with Crippen LogP contribution in [0.25, 0.3) is 38.5 Å². The van der Waals surface area contributed by atoms with Crippen LogP contribution in [0.2, 0.25) is 0 Å². The van der Waals surface area contributed by atoms with Gasteiger partial charge in [-0.1, -0.05) is 11.2 Å². The lowest BCUT2D eigenvalue weighted by atomic mass is 9.98. The number of phosphoric ester groups is 3. The summed E-state index contributed by atoms with van der Waals surface area (Å²) in [5, 5.41) is 36.4. The van der Waals surface area contributed by atoms with E-state index < -0.39 is 142 Å². The summed E-state index contributed by atoms with van der Waals surface area (Å²) in [6, 6.07) is 0. The summed E-state index contributed by atoms with van der Waals surface area (Å²) in [4.78, 5) is 99.2. The molecule has 0 radical (unpaired) electrons. The van der Waals surface area contributed by atoms with Crippen molar-refractivity contribution in [2.45, 2.75) is 80.4 Å². The van der Waals surface area contributed by atoms with Crippen LogP contribution in [0.1, 0.15) is 37.2 Å². The molecule has 0 aromatic carbocycles. The van der Waals surface area contributed by atoms with Crippen LogP contribution in [0.3, 0.4) is 0 Å². The van der Waals surface area contributed by atoms with Crippen molar-refractivity contribution in [3.8, 4) is 0 Å². The van der Waals surface area contributed by atoms with Crippen molar-refractivity contribution in [2.75, 3.05) is 44.9 Å². The number of hydrogen-bond acceptors (Lipinski definition) is 29. The van der Waals surface area contributed by atoms with E-state index >= 15 is 0 Å². The maximum atomic E-state index is 13.8. The molecular weight excluding hydrogens is 1150 g/mol. The summed E-state index contributed by atoms with van der Waals surface area (Å²) in [5.41, 5.74) is 24.7. The Morgan fingerprint density at radius 2 is 1.24 bits per heavy atom. The number of fused-ring (bicyclic) bond motifs is 3. The quantitative estimate of drug-likeness (QED) is 0.0176. The summed E-state index contributed by atoms with van der Waals surface area (Å²) in [6.07, 6.45) is -10.5. The van der Waals surface area contributed by atoms with E-state index in [1.807, 2.05) is 0 Å². The van der Waals surface area contributed by atoms with Crippen molar-refractivity contribution in [1.82, 2.24) is 48.6 Å². The first kappa shape index (κ1) is 57.9. The zero-order chi connectivity index (χ0) is 56.9. The SMILES string of the molecule is CO[C@@H]1[C@H](OP(=O)(O)OC[C@H]2O[C@@H](n3cnc4c(=O)[nH]c(N)nc43)[C@H](O)[C@@H]2O)[C@@H](COP(=O)(O)OP(=O)(O)OP(=O)(O)OC[C@H]2O[C@@H](n3cnc4c(=O)[nH]c(N)nc43)[C@H](O)[C@@H]2CN=[N+]=[N-])O[C@H]1n1cnc2c1N=CCCC=C2N. The van der Waals surface area contributed by atoms with Crippen molar-refractivity contribution >= 4 is 83.2 Å². The number of nitrogen functional groups attached to an aromatic ring is 2. The number of hydrogen-bond donors (Lipinski definition) is 12. The van der Waals surface area contributed by atoms with Gasteiger partial charge in [-0.25, -0.2) is 38.2 Å². The Labute approximate surface area is 438 Å². The number of nitrogens with one attached hydrogen (secondary N) is 2. The second-order valence-electron chi connectivity index (χ2n) is 17.4. The highest BCUT2D eigenvalue weighted by molar-refractivity contribution is 7.66. The highest BCUT2D eigenvalue weighted by Gasteiger charge is 2.54. The minimum absolute atomic E-state index is 0.0808. The highest BCUT2D eigenvalue weighted by atomic mass is 31.3. The van der Waals surface area contributed by atoms with E-state index in [4.69, 9.17) is 59.8 Å². The molecule has 0 bridgehead atoms. The van der Waals surface area contributed by atoms with Gasteiger partial charge in [-0.15, -0.1) is 0 Å². The second-order valence-corrected chi connectivity index (χ2v) is 23.4. The molecule has 4 aliphatic rings. The lowest BCUT2D eigenvalue weighted by Gasteiger charge is -2.26. The number of H-pyrrole nitrogens is 2. The number of allylic oxidation sites excluding steroid dienone is 1. The summed E-state index contributed by atoms with van der Waals surface area (Å²) in [6.45, 7) is -3.84. The lowest BCUT2D eigenvalue weighted by Crippen LogP contribution is -2.38. The number of rotatable bonds is 21. The largest absolute Gasteiger partial charge is 0.490 e. The van der Waals surface area contributed by atoms with E-state index in [-0.39, 0.29) is 51.4 Å². The summed E-state index contributed by atoms with van der Waals surface area (Å²) >= 11 is 0. The molecule has 430 valence electrons. The van der Waals surface area contributed by atoms with Crippen LogP contribution in [0.5, 0.6) is 0 Å². The van der Waals surface area contributed by atoms with Crippen LogP contribution in [0, 0.1) is 5.92 Å². The van der Waals surface area contributed by atoms with Gasteiger partial charge in [0.15, 0.2) is 46.8 Å². The van der Waals surface area contributed by atoms with E-state index in [9.17, 15) is 62.7 Å². The zero-order valence-corrected chi connectivity index (χ0v) is 43.7. The normalized spacial score (nSPS) is 30.2. The van der Waals surface area contributed by atoms with Gasteiger partial charge >= 0.3 is 31.3 Å². The fraction of sp³-hybridized carbons (Fsp3) is 0.543. The predicted octanol–water partition coefficient (Wildman–Crippen LogP) is -1.30. The number of aliphatic hydroxyl groups is 3. The Morgan fingerprint density at radius 3 is 1.84 bits per heavy atom. The maximum absolute atomic E-state index is 13.8. The first-order valence-electron chi connectivity index (χ1n) is 22.7. The molecule has 40 nitrogen and oxygen atoms in total. The molecule has 3 fully saturated rings. The molecule has 9 rings (SSSR count). The molecule has 9 heterocycles. The minimum atomic E-state index is -6.23. The van der Waals surface area contributed by atoms with Crippen molar-refractivity contribution in [3.63, 3.8) is 0 Å². The second kappa shape index (κ2) is 22.7. The third-order valence-corrected chi connectivity index (χ3v) is 17.5. The number of imidazole rings is 3. The number of aromatic nitrogens is 10. The van der Waals surface area contributed by atoms with Gasteiger partial charge in [0.05, 0.1) is 50.6 Å². The fourth-order valence-electron chi connectivity index (χ4n) is 8.78. The number of aliphatic imine (C=N–C) groups is 1. The molecule has 79 heavy (non-hydrogen) atoms. The van der Waals surface area contributed by atoms with E-state index in [1.165, 1.54) is 17.1 Å². The van der Waals surface area contributed by atoms with Crippen LogP contribution in [-0.2, 0) is 63.9 Å². The van der Waals surface area contributed by atoms with Crippen LogP contribution in [0.15, 0.2) is 44.8 Å². The molecule has 0 aliphatic carbocycles. The van der Waals surface area contributed by atoms with E-state index in [1.54, 1.807) is 6.08 Å². The van der Waals surface area contributed by atoms with Crippen molar-refractivity contribution in [1.29, 1.82) is 0 Å². The molecule has 0 amide bonds. The summed E-state index contributed by atoms with van der Waals surface area (Å²) < 4.78 is 109. The molecule has 5 aromatic rings. The van der Waals surface area contributed by atoms with Gasteiger partial charge in [-0.05, 0) is 18.4 Å². The number of phosphoric acid groups is 4. The van der Waals surface area contributed by atoms with Gasteiger partial charge in [0, 0.05) is 30.7 Å². The van der Waals surface area contributed by atoms with Crippen LogP contribution >= 0.6 is 31.3 Å². The number of nitrogens with two attached hydrogens (primary N) is 3. The van der Waals surface area contributed by atoms with Crippen molar-refractivity contribution in [2.24, 2.45) is 21.8 Å². The fourth-order valence-corrected chi connectivity index (χ4v) is 13.3. The van der Waals surface area contributed by atoms with Gasteiger partial charge < -0.3 is 71.0 Å². The standard InChI is InChI=1S/C35H47N17O23P4/c1-66-25-24(73-76(58,59)67-8-16-22(54)23(55)32(71-16)52-12-43-20-28(52)46-35(38)48-30(20)57)17(72-33(25)50-10-41-18-14(36)4-2-3-5-40-26(18)50)9-69-78(62,63)75-79(64,65)74-77(60,61)68-7-15-13(6-44-49-39)21(53)31(70-15)51-11-42-19-27(51)45-34(37)47-29(19)56/h4-5,10-13,15-17,21-25,31-33,53-55H,2-3,6-9,36H2,1H3,(H,58,59)(H,60,61)(H,62,63)(H,64,65)(H3,37,45,47,56)(H3,38,46,48,57)/t13-,15-,16-,17-,21-,22-,23-,24-,25-,31-,32-,33-/m1/s1. The Hall–Kier alpha value is -5.73. The first-order valence-corrected chi connectivity index (χ1v) is 28.7.